The summed E-state index contributed by atoms with van der Waals surface area (Å²) in [6, 6.07) is 8.87. The van der Waals surface area contributed by atoms with Gasteiger partial charge >= 0.3 is 0 Å². The minimum Gasteiger partial charge on any atom is -0.484 e. The molecule has 0 N–H and O–H groups in total. The van der Waals surface area contributed by atoms with E-state index in [0.717, 1.165) is 32.4 Å². The molecule has 0 saturated carbocycles. The van der Waals surface area contributed by atoms with Crippen LogP contribution in [-0.2, 0) is 4.79 Å². The summed E-state index contributed by atoms with van der Waals surface area (Å²) < 4.78 is 5.51. The molecule has 1 aliphatic heterocycles. The number of carbonyl (C=O) groups excluding carboxylic acids is 1. The number of amides is 1. The molecule has 0 bridgehead atoms. The highest BCUT2D eigenvalue weighted by molar-refractivity contribution is 5.77. The summed E-state index contributed by atoms with van der Waals surface area (Å²) in [5.74, 6) is 0.662. The Kier molecular flexibility index (Phi) is 4.85. The van der Waals surface area contributed by atoms with E-state index in [4.69, 9.17) is 10.00 Å². The minimum absolute atomic E-state index is 0.0389. The monoisotopic (exact) mass is 286 g/mol. The number of likely N-dealkylation sites (tertiary alicyclic amines) is 1. The van der Waals surface area contributed by atoms with Crippen molar-refractivity contribution in [2.45, 2.75) is 33.1 Å². The second-order valence-corrected chi connectivity index (χ2v) is 6.32. The van der Waals surface area contributed by atoms with Crippen molar-refractivity contribution in [3.63, 3.8) is 0 Å². The van der Waals surface area contributed by atoms with Crippen LogP contribution in [0.2, 0.25) is 0 Å². The molecule has 4 heteroatoms. The smallest absolute Gasteiger partial charge is 0.260 e. The Morgan fingerprint density at radius 1 is 1.29 bits per heavy atom. The van der Waals surface area contributed by atoms with E-state index in [0.29, 0.717) is 16.7 Å². The van der Waals surface area contributed by atoms with E-state index in [1.807, 2.05) is 4.90 Å². The summed E-state index contributed by atoms with van der Waals surface area (Å²) in [5.41, 5.74) is 0.909. The van der Waals surface area contributed by atoms with Gasteiger partial charge in [0.25, 0.3) is 5.91 Å². The molecule has 0 aliphatic carbocycles. The molecule has 1 aliphatic rings. The lowest BCUT2D eigenvalue weighted by atomic mass is 9.85. The molecule has 1 amide bonds. The molecule has 1 heterocycles. The Hall–Kier alpha value is -2.02. The second kappa shape index (κ2) is 6.62. The second-order valence-electron chi connectivity index (χ2n) is 6.32. The predicted molar refractivity (Wildman–Crippen MR) is 80.9 cm³/mol. The molecule has 112 valence electrons. The standard InChI is InChI=1S/C17H22N2O2/c1-17(2)8-3-10-19(11-9-17)16(20)13-21-15-6-4-14(12-18)5-7-15/h4-7H,3,8-11,13H2,1-2H3. The van der Waals surface area contributed by atoms with Gasteiger partial charge in [0.2, 0.25) is 0 Å². The summed E-state index contributed by atoms with van der Waals surface area (Å²) in [6.07, 6.45) is 3.25. The van der Waals surface area contributed by atoms with Crippen LogP contribution in [0.4, 0.5) is 0 Å². The third-order valence-electron chi connectivity index (χ3n) is 4.04. The number of rotatable bonds is 3. The molecule has 0 radical (unpaired) electrons. The normalized spacial score (nSPS) is 17.7. The number of nitriles is 1. The molecule has 0 unspecified atom stereocenters. The summed E-state index contributed by atoms with van der Waals surface area (Å²) >= 11 is 0. The molecular weight excluding hydrogens is 264 g/mol. The van der Waals surface area contributed by atoms with Gasteiger partial charge in [-0.15, -0.1) is 0 Å². The Morgan fingerprint density at radius 3 is 2.67 bits per heavy atom. The van der Waals surface area contributed by atoms with Crippen molar-refractivity contribution in [2.24, 2.45) is 5.41 Å². The first-order chi connectivity index (χ1) is 10.00. The largest absolute Gasteiger partial charge is 0.484 e. The Bertz CT molecular complexity index is 529. The minimum atomic E-state index is 0.0389. The molecule has 21 heavy (non-hydrogen) atoms. The maximum absolute atomic E-state index is 12.2. The third kappa shape index (κ3) is 4.49. The summed E-state index contributed by atoms with van der Waals surface area (Å²) in [5, 5.41) is 8.73. The molecule has 0 atom stereocenters. The van der Waals surface area contributed by atoms with Gasteiger partial charge in [0.05, 0.1) is 11.6 Å². The van der Waals surface area contributed by atoms with E-state index < -0.39 is 0 Å². The van der Waals surface area contributed by atoms with Gasteiger partial charge in [-0.25, -0.2) is 0 Å². The van der Waals surface area contributed by atoms with Gasteiger partial charge in [-0.05, 0) is 48.9 Å². The van der Waals surface area contributed by atoms with Crippen molar-refractivity contribution in [2.75, 3.05) is 19.7 Å². The number of hydrogen-bond acceptors (Lipinski definition) is 3. The van der Waals surface area contributed by atoms with Gasteiger partial charge in [-0.3, -0.25) is 4.79 Å². The Morgan fingerprint density at radius 2 is 2.00 bits per heavy atom. The van der Waals surface area contributed by atoms with Gasteiger partial charge in [-0.1, -0.05) is 13.8 Å². The zero-order valence-electron chi connectivity index (χ0n) is 12.8. The first-order valence-corrected chi connectivity index (χ1v) is 7.41. The molecule has 0 spiro atoms. The lowest BCUT2D eigenvalue weighted by Gasteiger charge is -2.23. The molecule has 1 aromatic carbocycles. The highest BCUT2D eigenvalue weighted by Crippen LogP contribution is 2.29. The number of hydrogen-bond donors (Lipinski definition) is 0. The van der Waals surface area contributed by atoms with Gasteiger partial charge < -0.3 is 9.64 Å². The van der Waals surface area contributed by atoms with Crippen molar-refractivity contribution in [3.05, 3.63) is 29.8 Å². The molecule has 1 fully saturated rings. The van der Waals surface area contributed by atoms with Crippen molar-refractivity contribution >= 4 is 5.91 Å². The van der Waals surface area contributed by atoms with E-state index in [1.54, 1.807) is 24.3 Å². The first kappa shape index (κ1) is 15.4. The Balaban J connectivity index is 1.85. The lowest BCUT2D eigenvalue weighted by Crippen LogP contribution is -2.36. The van der Waals surface area contributed by atoms with Crippen LogP contribution in [0.3, 0.4) is 0 Å². The van der Waals surface area contributed by atoms with Gasteiger partial charge in [0, 0.05) is 13.1 Å². The number of carbonyl (C=O) groups is 1. The lowest BCUT2D eigenvalue weighted by molar-refractivity contribution is -0.133. The molecule has 1 aromatic rings. The summed E-state index contributed by atoms with van der Waals surface area (Å²) in [7, 11) is 0. The number of benzene rings is 1. The highest BCUT2D eigenvalue weighted by atomic mass is 16.5. The number of nitrogens with zero attached hydrogens (tertiary/aromatic N) is 2. The van der Waals surface area contributed by atoms with Crippen LogP contribution < -0.4 is 4.74 Å². The summed E-state index contributed by atoms with van der Waals surface area (Å²) in [4.78, 5) is 14.1. The van der Waals surface area contributed by atoms with Gasteiger partial charge in [-0.2, -0.15) is 5.26 Å². The maximum atomic E-state index is 12.2. The fraction of sp³-hybridized carbons (Fsp3) is 0.529. The zero-order chi connectivity index (χ0) is 15.3. The zero-order valence-corrected chi connectivity index (χ0v) is 12.8. The highest BCUT2D eigenvalue weighted by Gasteiger charge is 2.25. The average molecular weight is 286 g/mol. The molecule has 4 nitrogen and oxygen atoms in total. The van der Waals surface area contributed by atoms with Crippen LogP contribution in [0.15, 0.2) is 24.3 Å². The van der Waals surface area contributed by atoms with Crippen molar-refractivity contribution in [1.29, 1.82) is 5.26 Å². The average Bonchev–Trinajstić information content (AvgIpc) is 2.66. The topological polar surface area (TPSA) is 53.3 Å². The van der Waals surface area contributed by atoms with Crippen LogP contribution >= 0.6 is 0 Å². The van der Waals surface area contributed by atoms with Crippen LogP contribution in [0.25, 0.3) is 0 Å². The Labute approximate surface area is 126 Å². The number of ether oxygens (including phenoxy) is 1. The summed E-state index contributed by atoms with van der Waals surface area (Å²) in [6.45, 7) is 6.20. The quantitative estimate of drug-likeness (QED) is 0.858. The van der Waals surface area contributed by atoms with Crippen LogP contribution in [0, 0.1) is 16.7 Å². The third-order valence-corrected chi connectivity index (χ3v) is 4.04. The van der Waals surface area contributed by atoms with Crippen LogP contribution in [0.1, 0.15) is 38.7 Å². The van der Waals surface area contributed by atoms with E-state index in [2.05, 4.69) is 19.9 Å². The van der Waals surface area contributed by atoms with Crippen molar-refractivity contribution in [3.8, 4) is 11.8 Å². The van der Waals surface area contributed by atoms with E-state index in [1.165, 1.54) is 0 Å². The molecular formula is C17H22N2O2. The first-order valence-electron chi connectivity index (χ1n) is 7.41. The van der Waals surface area contributed by atoms with E-state index in [-0.39, 0.29) is 12.5 Å². The maximum Gasteiger partial charge on any atom is 0.260 e. The molecule has 1 saturated heterocycles. The SMILES string of the molecule is CC1(C)CCCN(C(=O)COc2ccc(C#N)cc2)CC1. The predicted octanol–water partition coefficient (Wildman–Crippen LogP) is 2.98. The molecule has 0 aromatic heterocycles. The van der Waals surface area contributed by atoms with Gasteiger partial charge in [0.1, 0.15) is 5.75 Å². The van der Waals surface area contributed by atoms with Crippen molar-refractivity contribution < 1.29 is 9.53 Å². The van der Waals surface area contributed by atoms with Crippen LogP contribution in [-0.4, -0.2) is 30.5 Å². The fourth-order valence-corrected chi connectivity index (χ4v) is 2.53. The van der Waals surface area contributed by atoms with Crippen molar-refractivity contribution in [1.82, 2.24) is 4.90 Å². The van der Waals surface area contributed by atoms with Crippen LogP contribution in [0.5, 0.6) is 5.75 Å². The van der Waals surface area contributed by atoms with E-state index in [9.17, 15) is 4.79 Å². The van der Waals surface area contributed by atoms with Gasteiger partial charge in [0.15, 0.2) is 6.61 Å². The molecule has 2 rings (SSSR count). The van der Waals surface area contributed by atoms with E-state index >= 15 is 0 Å². The fourth-order valence-electron chi connectivity index (χ4n) is 2.53.